The van der Waals surface area contributed by atoms with Gasteiger partial charge in [-0.05, 0) is 137 Å². The van der Waals surface area contributed by atoms with Gasteiger partial charge in [0.15, 0.2) is 0 Å². The summed E-state index contributed by atoms with van der Waals surface area (Å²) in [5, 5.41) is 7.58. The van der Waals surface area contributed by atoms with Crippen molar-refractivity contribution in [2.24, 2.45) is 0 Å². The molecule has 2 heteroatoms. The fourth-order valence-corrected chi connectivity index (χ4v) is 11.9. The van der Waals surface area contributed by atoms with Crippen LogP contribution in [0.15, 0.2) is 273 Å². The summed E-state index contributed by atoms with van der Waals surface area (Å²) in [5.74, 6) is 0. The number of nitrogens with zero attached hydrogens (tertiary/aromatic N) is 1. The van der Waals surface area contributed by atoms with E-state index in [0.717, 1.165) is 28.2 Å². The second kappa shape index (κ2) is 17.7. The lowest BCUT2D eigenvalue weighted by Crippen LogP contribution is -2.10. The molecule has 1 nitrogen and oxygen atoms in total. The fourth-order valence-electron chi connectivity index (χ4n) is 10.6. The van der Waals surface area contributed by atoms with Crippen molar-refractivity contribution in [2.75, 3.05) is 4.90 Å². The van der Waals surface area contributed by atoms with E-state index in [2.05, 4.69) is 278 Å². The van der Waals surface area contributed by atoms with Crippen LogP contribution in [0.25, 0.3) is 108 Å². The van der Waals surface area contributed by atoms with Crippen LogP contribution in [0, 0.1) is 0 Å². The van der Waals surface area contributed by atoms with Crippen molar-refractivity contribution in [3.8, 4) is 66.8 Å². The Kier molecular flexibility index (Phi) is 10.5. The van der Waals surface area contributed by atoms with E-state index in [1.54, 1.807) is 0 Å². The molecular formula is C68H45NS. The van der Waals surface area contributed by atoms with Crippen molar-refractivity contribution in [3.63, 3.8) is 0 Å². The molecule has 0 unspecified atom stereocenters. The van der Waals surface area contributed by atoms with E-state index in [1.807, 2.05) is 11.3 Å². The van der Waals surface area contributed by atoms with Gasteiger partial charge in [-0.1, -0.05) is 224 Å². The van der Waals surface area contributed by atoms with Crippen molar-refractivity contribution in [1.82, 2.24) is 0 Å². The van der Waals surface area contributed by atoms with Gasteiger partial charge in [0.25, 0.3) is 0 Å². The van der Waals surface area contributed by atoms with E-state index >= 15 is 0 Å². The zero-order chi connectivity index (χ0) is 46.4. The van der Waals surface area contributed by atoms with Gasteiger partial charge in [-0.3, -0.25) is 0 Å². The lowest BCUT2D eigenvalue weighted by atomic mass is 9.84. The Labute approximate surface area is 412 Å². The Morgan fingerprint density at radius 3 is 1.39 bits per heavy atom. The molecule has 13 aromatic rings. The first kappa shape index (κ1) is 41.4. The monoisotopic (exact) mass is 907 g/mol. The van der Waals surface area contributed by atoms with Gasteiger partial charge in [0.05, 0.1) is 0 Å². The SMILES string of the molecule is c1ccc(-c2ccc(N(c3cccc(-c4ccc5c(c4)c(-c4ccccc4)c(-c4ccccc4)c4ccccc45)c3)c3cccc(-c4cccc5c4sc4ccccc45)c3)cc2-c2ccccc2)cc1. The van der Waals surface area contributed by atoms with Crippen LogP contribution in [0.5, 0.6) is 0 Å². The van der Waals surface area contributed by atoms with Crippen molar-refractivity contribution in [1.29, 1.82) is 0 Å². The Hall–Kier alpha value is -8.82. The molecule has 0 amide bonds. The number of fused-ring (bicyclic) bond motifs is 6. The highest BCUT2D eigenvalue weighted by atomic mass is 32.1. The zero-order valence-corrected chi connectivity index (χ0v) is 39.2. The number of hydrogen-bond donors (Lipinski definition) is 0. The van der Waals surface area contributed by atoms with Crippen LogP contribution in [0.1, 0.15) is 0 Å². The Morgan fingerprint density at radius 2 is 0.700 bits per heavy atom. The van der Waals surface area contributed by atoms with E-state index in [1.165, 1.54) is 97.4 Å². The molecule has 1 heterocycles. The molecule has 0 radical (unpaired) electrons. The van der Waals surface area contributed by atoms with Gasteiger partial charge in [0, 0.05) is 37.2 Å². The molecule has 0 fully saturated rings. The molecule has 0 aliphatic carbocycles. The average molecular weight is 908 g/mol. The second-order valence-electron chi connectivity index (χ2n) is 18.0. The normalized spacial score (nSPS) is 11.4. The summed E-state index contributed by atoms with van der Waals surface area (Å²) in [6, 6.07) is 100. The van der Waals surface area contributed by atoms with Crippen LogP contribution >= 0.6 is 11.3 Å². The van der Waals surface area contributed by atoms with Crippen LogP contribution in [0.2, 0.25) is 0 Å². The van der Waals surface area contributed by atoms with Crippen molar-refractivity contribution >= 4 is 70.1 Å². The fraction of sp³-hybridized carbons (Fsp3) is 0. The van der Waals surface area contributed by atoms with Gasteiger partial charge < -0.3 is 4.90 Å². The van der Waals surface area contributed by atoms with Gasteiger partial charge in [-0.2, -0.15) is 0 Å². The summed E-state index contributed by atoms with van der Waals surface area (Å²) < 4.78 is 2.61. The molecule has 70 heavy (non-hydrogen) atoms. The highest BCUT2D eigenvalue weighted by molar-refractivity contribution is 7.26. The summed E-state index contributed by atoms with van der Waals surface area (Å²) in [5.41, 5.74) is 17.6. The zero-order valence-electron chi connectivity index (χ0n) is 38.3. The Bertz CT molecular complexity index is 4040. The predicted molar refractivity (Wildman–Crippen MR) is 302 cm³/mol. The minimum absolute atomic E-state index is 1.08. The maximum absolute atomic E-state index is 2.44. The summed E-state index contributed by atoms with van der Waals surface area (Å²) in [6.45, 7) is 0. The molecule has 12 aromatic carbocycles. The van der Waals surface area contributed by atoms with E-state index in [9.17, 15) is 0 Å². The van der Waals surface area contributed by atoms with Crippen LogP contribution in [-0.2, 0) is 0 Å². The van der Waals surface area contributed by atoms with Gasteiger partial charge in [0.1, 0.15) is 0 Å². The first-order valence-corrected chi connectivity index (χ1v) is 24.8. The third-order valence-electron chi connectivity index (χ3n) is 13.8. The number of benzene rings is 12. The molecule has 0 atom stereocenters. The topological polar surface area (TPSA) is 3.24 Å². The molecule has 0 spiro atoms. The van der Waals surface area contributed by atoms with E-state index < -0.39 is 0 Å². The summed E-state index contributed by atoms with van der Waals surface area (Å²) in [4.78, 5) is 2.44. The van der Waals surface area contributed by atoms with Gasteiger partial charge in [0.2, 0.25) is 0 Å². The van der Waals surface area contributed by atoms with Gasteiger partial charge in [-0.15, -0.1) is 11.3 Å². The van der Waals surface area contributed by atoms with Crippen molar-refractivity contribution in [2.45, 2.75) is 0 Å². The van der Waals surface area contributed by atoms with E-state index in [4.69, 9.17) is 0 Å². The van der Waals surface area contributed by atoms with E-state index in [0.29, 0.717) is 0 Å². The summed E-state index contributed by atoms with van der Waals surface area (Å²) >= 11 is 1.88. The van der Waals surface area contributed by atoms with Crippen molar-refractivity contribution in [3.05, 3.63) is 273 Å². The van der Waals surface area contributed by atoms with E-state index in [-0.39, 0.29) is 0 Å². The van der Waals surface area contributed by atoms with Gasteiger partial charge in [-0.25, -0.2) is 0 Å². The number of rotatable bonds is 9. The predicted octanol–water partition coefficient (Wildman–Crippen LogP) is 19.8. The second-order valence-corrected chi connectivity index (χ2v) is 19.0. The Morgan fingerprint density at radius 1 is 0.229 bits per heavy atom. The third-order valence-corrected chi connectivity index (χ3v) is 15.1. The van der Waals surface area contributed by atoms with Crippen LogP contribution in [0.4, 0.5) is 17.1 Å². The average Bonchev–Trinajstić information content (AvgIpc) is 3.83. The maximum Gasteiger partial charge on any atom is 0.0468 e. The number of hydrogen-bond acceptors (Lipinski definition) is 2. The van der Waals surface area contributed by atoms with Crippen LogP contribution in [0.3, 0.4) is 0 Å². The minimum atomic E-state index is 1.08. The molecule has 0 bridgehead atoms. The maximum atomic E-state index is 2.44. The number of anilines is 3. The molecule has 0 N–H and O–H groups in total. The number of thiophene rings is 1. The molecule has 0 aliphatic heterocycles. The molecule has 0 saturated heterocycles. The Balaban J connectivity index is 1.02. The lowest BCUT2D eigenvalue weighted by molar-refractivity contribution is 1.28. The largest absolute Gasteiger partial charge is 0.310 e. The van der Waals surface area contributed by atoms with Crippen LogP contribution in [-0.4, -0.2) is 0 Å². The van der Waals surface area contributed by atoms with Crippen molar-refractivity contribution < 1.29 is 0 Å². The molecule has 1 aromatic heterocycles. The minimum Gasteiger partial charge on any atom is -0.310 e. The molecule has 13 rings (SSSR count). The smallest absolute Gasteiger partial charge is 0.0468 e. The molecular weight excluding hydrogens is 863 g/mol. The third kappa shape index (κ3) is 7.34. The molecule has 0 saturated carbocycles. The standard InChI is InChI=1S/C68H45NS/c1-5-20-46(21-6-1)56-41-39-55(45-63(56)47-22-7-2-8-23-47)69(54-31-18-29-52(43-54)57-35-19-36-62-60-33-15-16-37-65(60)70-68(57)62)53-30-17-28-50(42-53)51-38-40-59-58-32-13-14-34-61(58)66(48-24-9-3-10-25-48)67(64(59)44-51)49-26-11-4-12-27-49/h1-45H. The molecule has 0 aliphatic rings. The van der Waals surface area contributed by atoms with Gasteiger partial charge >= 0.3 is 0 Å². The highest BCUT2D eigenvalue weighted by Crippen LogP contribution is 2.48. The first-order chi connectivity index (χ1) is 34.7. The molecule has 328 valence electrons. The quantitative estimate of drug-likeness (QED) is 0.130. The lowest BCUT2D eigenvalue weighted by Gasteiger charge is -2.28. The first-order valence-electron chi connectivity index (χ1n) is 24.0. The highest BCUT2D eigenvalue weighted by Gasteiger charge is 2.21. The summed E-state index contributed by atoms with van der Waals surface area (Å²) in [7, 11) is 0. The van der Waals surface area contributed by atoms with Crippen LogP contribution < -0.4 is 4.90 Å². The summed E-state index contributed by atoms with van der Waals surface area (Å²) in [6.07, 6.45) is 0.